The fraction of sp³-hybridized carbons (Fsp3) is 0.192. The van der Waals surface area contributed by atoms with Crippen LogP contribution in [0.5, 0.6) is 0 Å². The predicted octanol–water partition coefficient (Wildman–Crippen LogP) is 5.01. The summed E-state index contributed by atoms with van der Waals surface area (Å²) in [6.45, 7) is 5.31. The van der Waals surface area contributed by atoms with Gasteiger partial charge in [-0.1, -0.05) is 42.5 Å². The Labute approximate surface area is 188 Å². The van der Waals surface area contributed by atoms with Crippen molar-refractivity contribution < 1.29 is 14.4 Å². The van der Waals surface area contributed by atoms with Crippen LogP contribution in [0.3, 0.4) is 0 Å². The van der Waals surface area contributed by atoms with Crippen molar-refractivity contribution in [2.45, 2.75) is 33.4 Å². The lowest BCUT2D eigenvalue weighted by Crippen LogP contribution is -2.33. The van der Waals surface area contributed by atoms with E-state index in [0.29, 0.717) is 23.5 Å². The van der Waals surface area contributed by atoms with Crippen molar-refractivity contribution in [2.24, 2.45) is 0 Å². The zero-order valence-corrected chi connectivity index (χ0v) is 18.5. The van der Waals surface area contributed by atoms with Crippen molar-refractivity contribution in [1.29, 1.82) is 0 Å². The van der Waals surface area contributed by atoms with Crippen LogP contribution in [0.1, 0.15) is 48.3 Å². The first kappa shape index (κ1) is 22.7. The normalized spacial score (nSPS) is 11.3. The summed E-state index contributed by atoms with van der Waals surface area (Å²) in [5.41, 5.74) is 3.78. The van der Waals surface area contributed by atoms with Crippen LogP contribution in [0.25, 0.3) is 0 Å². The Morgan fingerprint density at radius 2 is 1.41 bits per heavy atom. The Kier molecular flexibility index (Phi) is 7.39. The molecule has 0 aromatic heterocycles. The molecule has 0 aliphatic heterocycles. The summed E-state index contributed by atoms with van der Waals surface area (Å²) in [6, 6.07) is 24.0. The van der Waals surface area contributed by atoms with Crippen molar-refractivity contribution in [3.63, 3.8) is 0 Å². The van der Waals surface area contributed by atoms with Crippen LogP contribution < -0.4 is 10.6 Å². The van der Waals surface area contributed by atoms with Gasteiger partial charge < -0.3 is 15.5 Å². The summed E-state index contributed by atoms with van der Waals surface area (Å²) >= 11 is 0. The van der Waals surface area contributed by atoms with Crippen LogP contribution in [-0.2, 0) is 16.1 Å². The van der Waals surface area contributed by atoms with Gasteiger partial charge in [0.1, 0.15) is 0 Å². The van der Waals surface area contributed by atoms with Crippen molar-refractivity contribution in [3.8, 4) is 0 Å². The quantitative estimate of drug-likeness (QED) is 0.554. The predicted molar refractivity (Wildman–Crippen MR) is 126 cm³/mol. The number of hydrogen-bond donors (Lipinski definition) is 2. The van der Waals surface area contributed by atoms with Crippen molar-refractivity contribution >= 4 is 29.1 Å². The van der Waals surface area contributed by atoms with Gasteiger partial charge >= 0.3 is 0 Å². The molecule has 0 bridgehead atoms. The second-order valence-corrected chi connectivity index (χ2v) is 7.66. The molecule has 1 unspecified atom stereocenters. The van der Waals surface area contributed by atoms with E-state index in [1.807, 2.05) is 61.5 Å². The Morgan fingerprint density at radius 1 is 0.781 bits per heavy atom. The lowest BCUT2D eigenvalue weighted by molar-refractivity contribution is -0.115. The molecular weight excluding hydrogens is 402 g/mol. The molecule has 0 aliphatic carbocycles. The fourth-order valence-electron chi connectivity index (χ4n) is 3.49. The maximum Gasteiger partial charge on any atom is 0.254 e. The van der Waals surface area contributed by atoms with Crippen LogP contribution in [0.2, 0.25) is 0 Å². The molecule has 6 heteroatoms. The minimum atomic E-state index is -0.244. The molecule has 3 aromatic rings. The summed E-state index contributed by atoms with van der Waals surface area (Å²) in [6.07, 6.45) is 0. The first-order valence-corrected chi connectivity index (χ1v) is 10.4. The Bertz CT molecular complexity index is 1090. The highest BCUT2D eigenvalue weighted by molar-refractivity contribution is 5.96. The molecule has 2 N–H and O–H groups in total. The van der Waals surface area contributed by atoms with Gasteiger partial charge in [0.2, 0.25) is 11.8 Å². The van der Waals surface area contributed by atoms with Gasteiger partial charge in [-0.25, -0.2) is 0 Å². The fourth-order valence-corrected chi connectivity index (χ4v) is 3.49. The van der Waals surface area contributed by atoms with E-state index >= 15 is 0 Å². The Hall–Kier alpha value is -3.93. The van der Waals surface area contributed by atoms with Gasteiger partial charge in [-0.05, 0) is 54.4 Å². The van der Waals surface area contributed by atoms with Crippen molar-refractivity contribution in [3.05, 3.63) is 95.6 Å². The number of carbonyl (C=O) groups is 3. The van der Waals surface area contributed by atoms with Gasteiger partial charge in [0.25, 0.3) is 5.91 Å². The molecule has 1 atom stereocenters. The topological polar surface area (TPSA) is 78.5 Å². The number of nitrogens with zero attached hydrogens (tertiary/aromatic N) is 1. The molecule has 3 aromatic carbocycles. The zero-order valence-electron chi connectivity index (χ0n) is 18.5. The monoisotopic (exact) mass is 429 g/mol. The lowest BCUT2D eigenvalue weighted by atomic mass is 10.0. The highest BCUT2D eigenvalue weighted by Gasteiger charge is 2.23. The molecule has 0 saturated carbocycles. The molecular formula is C26H27N3O3. The standard InChI is InChI=1S/C26H27N3O3/c1-18(23-10-7-11-25(16-23)28-20(3)31)29(17-21-8-5-4-6-9-21)26(32)22-12-14-24(15-13-22)27-19(2)30/h4-16,18H,17H2,1-3H3,(H,27,30)(H,28,31). The van der Waals surface area contributed by atoms with E-state index in [1.54, 1.807) is 29.2 Å². The Balaban J connectivity index is 1.92. The zero-order chi connectivity index (χ0) is 23.1. The summed E-state index contributed by atoms with van der Waals surface area (Å²) in [4.78, 5) is 38.1. The third-order valence-corrected chi connectivity index (χ3v) is 5.07. The van der Waals surface area contributed by atoms with Crippen LogP contribution in [0.15, 0.2) is 78.9 Å². The average Bonchev–Trinajstić information content (AvgIpc) is 2.77. The molecule has 0 saturated heterocycles. The molecule has 0 fully saturated rings. The number of benzene rings is 3. The van der Waals surface area contributed by atoms with Gasteiger partial charge in [-0.3, -0.25) is 14.4 Å². The summed E-state index contributed by atoms with van der Waals surface area (Å²) in [5, 5.41) is 5.51. The maximum atomic E-state index is 13.5. The van der Waals surface area contributed by atoms with Gasteiger partial charge in [-0.2, -0.15) is 0 Å². The minimum Gasteiger partial charge on any atom is -0.328 e. The van der Waals surface area contributed by atoms with E-state index in [2.05, 4.69) is 10.6 Å². The van der Waals surface area contributed by atoms with E-state index < -0.39 is 0 Å². The molecule has 0 heterocycles. The lowest BCUT2D eigenvalue weighted by Gasteiger charge is -2.30. The first-order chi connectivity index (χ1) is 15.3. The summed E-state index contributed by atoms with van der Waals surface area (Å²) in [5.74, 6) is -0.436. The van der Waals surface area contributed by atoms with E-state index in [4.69, 9.17) is 0 Å². The van der Waals surface area contributed by atoms with Crippen LogP contribution in [0, 0.1) is 0 Å². The van der Waals surface area contributed by atoms with E-state index in [1.165, 1.54) is 13.8 Å². The molecule has 3 amide bonds. The van der Waals surface area contributed by atoms with Gasteiger partial charge in [0.15, 0.2) is 0 Å². The van der Waals surface area contributed by atoms with E-state index in [-0.39, 0.29) is 23.8 Å². The highest BCUT2D eigenvalue weighted by Crippen LogP contribution is 2.27. The number of amides is 3. The number of anilines is 2. The third kappa shape index (κ3) is 6.04. The summed E-state index contributed by atoms with van der Waals surface area (Å²) < 4.78 is 0. The molecule has 0 radical (unpaired) electrons. The van der Waals surface area contributed by atoms with E-state index in [9.17, 15) is 14.4 Å². The SMILES string of the molecule is CC(=O)Nc1ccc(C(=O)N(Cc2ccccc2)C(C)c2cccc(NC(C)=O)c2)cc1. The van der Waals surface area contributed by atoms with Gasteiger partial charge in [0.05, 0.1) is 6.04 Å². The van der Waals surface area contributed by atoms with Crippen LogP contribution in [-0.4, -0.2) is 22.6 Å². The highest BCUT2D eigenvalue weighted by atomic mass is 16.2. The molecule has 164 valence electrons. The molecule has 32 heavy (non-hydrogen) atoms. The molecule has 6 nitrogen and oxygen atoms in total. The van der Waals surface area contributed by atoms with Crippen LogP contribution in [0.4, 0.5) is 11.4 Å². The third-order valence-electron chi connectivity index (χ3n) is 5.07. The smallest absolute Gasteiger partial charge is 0.254 e. The summed E-state index contributed by atoms with van der Waals surface area (Å²) in [7, 11) is 0. The minimum absolute atomic E-state index is 0.124. The molecule has 3 rings (SSSR count). The number of rotatable bonds is 7. The van der Waals surface area contributed by atoms with Crippen molar-refractivity contribution in [1.82, 2.24) is 4.90 Å². The Morgan fingerprint density at radius 3 is 2.03 bits per heavy atom. The van der Waals surface area contributed by atoms with Crippen molar-refractivity contribution in [2.75, 3.05) is 10.6 Å². The first-order valence-electron chi connectivity index (χ1n) is 10.4. The second kappa shape index (κ2) is 10.4. The number of nitrogens with one attached hydrogen (secondary N) is 2. The second-order valence-electron chi connectivity index (χ2n) is 7.66. The number of carbonyl (C=O) groups excluding carboxylic acids is 3. The largest absolute Gasteiger partial charge is 0.328 e. The number of hydrogen-bond acceptors (Lipinski definition) is 3. The van der Waals surface area contributed by atoms with Crippen LogP contribution >= 0.6 is 0 Å². The molecule has 0 spiro atoms. The van der Waals surface area contributed by atoms with E-state index in [0.717, 1.165) is 11.1 Å². The molecule has 0 aliphatic rings. The average molecular weight is 430 g/mol. The van der Waals surface area contributed by atoms with Gasteiger partial charge in [0, 0.05) is 37.3 Å². The maximum absolute atomic E-state index is 13.5. The van der Waals surface area contributed by atoms with Gasteiger partial charge in [-0.15, -0.1) is 0 Å².